The second-order valence-corrected chi connectivity index (χ2v) is 14.0. The van der Waals surface area contributed by atoms with Crippen LogP contribution in [0.2, 0.25) is 0 Å². The maximum atomic E-state index is 13.1. The molecule has 4 heteroatoms. The average Bonchev–Trinajstić information content (AvgIpc) is 3.16. The van der Waals surface area contributed by atoms with E-state index in [2.05, 4.69) is 33.8 Å². The molecule has 3 aliphatic carbocycles. The van der Waals surface area contributed by atoms with Crippen molar-refractivity contribution in [3.8, 4) is 0 Å². The summed E-state index contributed by atoms with van der Waals surface area (Å²) in [6.07, 6.45) is 13.9. The van der Waals surface area contributed by atoms with E-state index in [4.69, 9.17) is 0 Å². The Hall–Kier alpha value is -0.610. The Morgan fingerprint density at radius 3 is 2.65 bits per heavy atom. The number of hydrogen-bond acceptors (Lipinski definition) is 3. The molecule has 4 rings (SSSR count). The number of hydrogen-bond donors (Lipinski definition) is 1. The number of sulfone groups is 1. The van der Waals surface area contributed by atoms with Crippen molar-refractivity contribution in [3.05, 3.63) is 22.8 Å². The Morgan fingerprint density at radius 1 is 1.13 bits per heavy atom. The summed E-state index contributed by atoms with van der Waals surface area (Å²) in [5.41, 5.74) is 3.89. The molecule has 2 saturated carbocycles. The summed E-state index contributed by atoms with van der Waals surface area (Å²) in [7, 11) is -3.15. The SMILES string of the molecule is CC(C)CCC[C@@H](C)[C@H]1CC[C@@H]2/C(=C\[C@H]3C4=C(CC[C@H](O)C4)CS3(=O)=O)CCC[C@@]21C. The van der Waals surface area contributed by atoms with E-state index in [1.807, 2.05) is 0 Å². The fraction of sp³-hybridized carbons (Fsp3) is 0.852. The van der Waals surface area contributed by atoms with Gasteiger partial charge in [0.05, 0.1) is 11.9 Å². The molecule has 1 N–H and O–H groups in total. The van der Waals surface area contributed by atoms with E-state index < -0.39 is 15.1 Å². The molecule has 6 atom stereocenters. The molecule has 0 amide bonds. The minimum absolute atomic E-state index is 0.223. The molecular weight excluding hydrogens is 404 g/mol. The van der Waals surface area contributed by atoms with Gasteiger partial charge >= 0.3 is 0 Å². The second-order valence-electron chi connectivity index (χ2n) is 11.9. The Balaban J connectivity index is 1.54. The molecule has 1 heterocycles. The molecule has 176 valence electrons. The van der Waals surface area contributed by atoms with Gasteiger partial charge in [-0.1, -0.05) is 64.2 Å². The van der Waals surface area contributed by atoms with Gasteiger partial charge in [-0.05, 0) is 86.0 Å². The third-order valence-electron chi connectivity index (χ3n) is 9.33. The van der Waals surface area contributed by atoms with Gasteiger partial charge in [0.25, 0.3) is 0 Å². The van der Waals surface area contributed by atoms with Gasteiger partial charge in [0, 0.05) is 0 Å². The van der Waals surface area contributed by atoms with E-state index in [-0.39, 0.29) is 11.9 Å². The number of allylic oxidation sites excluding steroid dienone is 1. The minimum Gasteiger partial charge on any atom is -0.393 e. The third-order valence-corrected chi connectivity index (χ3v) is 11.3. The van der Waals surface area contributed by atoms with Crippen molar-refractivity contribution in [2.45, 2.75) is 110 Å². The first-order chi connectivity index (χ1) is 14.6. The summed E-state index contributed by atoms with van der Waals surface area (Å²) in [5, 5.41) is 9.73. The predicted molar refractivity (Wildman–Crippen MR) is 129 cm³/mol. The molecule has 0 saturated heterocycles. The third kappa shape index (κ3) is 4.58. The molecule has 0 spiro atoms. The van der Waals surface area contributed by atoms with Gasteiger partial charge in [-0.2, -0.15) is 0 Å². The standard InChI is InChI=1S/C27H44O3S/c1-18(2)7-5-8-19(3)24-12-13-25-20(9-6-14-27(24,25)4)15-26-23-16-22(28)11-10-21(23)17-31(26,29)30/h15,18-19,22,24-26,28H,5-14,16-17H2,1-4H3/b20-15-/t19-,22+,24-,25-,26+,27-/m1/s1. The van der Waals surface area contributed by atoms with Crippen LogP contribution >= 0.6 is 0 Å². The smallest absolute Gasteiger partial charge is 0.164 e. The molecule has 0 bridgehead atoms. The van der Waals surface area contributed by atoms with Crippen molar-refractivity contribution in [2.75, 3.05) is 5.75 Å². The first kappa shape index (κ1) is 23.5. The average molecular weight is 449 g/mol. The van der Waals surface area contributed by atoms with Crippen molar-refractivity contribution < 1.29 is 13.5 Å². The summed E-state index contributed by atoms with van der Waals surface area (Å²) in [6, 6.07) is 0. The molecule has 0 aromatic carbocycles. The van der Waals surface area contributed by atoms with E-state index in [0.29, 0.717) is 24.2 Å². The van der Waals surface area contributed by atoms with E-state index in [9.17, 15) is 13.5 Å². The van der Waals surface area contributed by atoms with Crippen molar-refractivity contribution in [1.29, 1.82) is 0 Å². The number of aliphatic hydroxyl groups excluding tert-OH is 1. The molecule has 1 aliphatic heterocycles. The van der Waals surface area contributed by atoms with Gasteiger partial charge in [-0.15, -0.1) is 0 Å². The minimum atomic E-state index is -3.15. The van der Waals surface area contributed by atoms with Crippen molar-refractivity contribution in [2.24, 2.45) is 29.1 Å². The molecule has 0 aromatic heterocycles. The zero-order chi connectivity index (χ0) is 22.4. The summed E-state index contributed by atoms with van der Waals surface area (Å²) < 4.78 is 26.1. The number of aliphatic hydroxyl groups is 1. The van der Waals surface area contributed by atoms with E-state index in [0.717, 1.165) is 41.7 Å². The van der Waals surface area contributed by atoms with Crippen LogP contribution in [-0.2, 0) is 9.84 Å². The van der Waals surface area contributed by atoms with Crippen molar-refractivity contribution in [1.82, 2.24) is 0 Å². The molecule has 0 radical (unpaired) electrons. The largest absolute Gasteiger partial charge is 0.393 e. The number of rotatable bonds is 6. The van der Waals surface area contributed by atoms with E-state index >= 15 is 0 Å². The normalized spacial score (nSPS) is 39.7. The first-order valence-corrected chi connectivity index (χ1v) is 14.6. The lowest BCUT2D eigenvalue weighted by atomic mass is 9.60. The molecule has 0 unspecified atom stereocenters. The second kappa shape index (κ2) is 8.97. The molecular formula is C27H44O3S. The Labute approximate surface area is 190 Å². The highest BCUT2D eigenvalue weighted by Crippen LogP contribution is 2.60. The first-order valence-electron chi connectivity index (χ1n) is 12.9. The van der Waals surface area contributed by atoms with Gasteiger partial charge in [0.1, 0.15) is 5.25 Å². The lowest BCUT2D eigenvalue weighted by molar-refractivity contribution is 0.0926. The van der Waals surface area contributed by atoms with Crippen LogP contribution in [0.5, 0.6) is 0 Å². The summed E-state index contributed by atoms with van der Waals surface area (Å²) in [5.74, 6) is 3.08. The highest BCUT2D eigenvalue weighted by molar-refractivity contribution is 7.92. The van der Waals surface area contributed by atoms with Gasteiger partial charge in [0.2, 0.25) is 0 Å². The van der Waals surface area contributed by atoms with Gasteiger partial charge < -0.3 is 5.11 Å². The number of fused-ring (bicyclic) bond motifs is 1. The lowest BCUT2D eigenvalue weighted by Gasteiger charge is -2.44. The maximum Gasteiger partial charge on any atom is 0.164 e. The van der Waals surface area contributed by atoms with Gasteiger partial charge in [-0.3, -0.25) is 0 Å². The van der Waals surface area contributed by atoms with Crippen LogP contribution in [0.4, 0.5) is 0 Å². The van der Waals surface area contributed by atoms with Crippen LogP contribution in [0.15, 0.2) is 22.8 Å². The van der Waals surface area contributed by atoms with E-state index in [1.54, 1.807) is 0 Å². The maximum absolute atomic E-state index is 13.1. The lowest BCUT2D eigenvalue weighted by Crippen LogP contribution is -2.36. The quantitative estimate of drug-likeness (QED) is 0.490. The fourth-order valence-corrected chi connectivity index (χ4v) is 9.77. The topological polar surface area (TPSA) is 54.4 Å². The van der Waals surface area contributed by atoms with Crippen LogP contribution in [0.1, 0.15) is 98.3 Å². The van der Waals surface area contributed by atoms with Crippen LogP contribution in [0.25, 0.3) is 0 Å². The Bertz CT molecular complexity index is 837. The predicted octanol–water partition coefficient (Wildman–Crippen LogP) is 6.23. The van der Waals surface area contributed by atoms with Gasteiger partial charge in [0.15, 0.2) is 9.84 Å². The fourth-order valence-electron chi connectivity index (χ4n) is 7.70. The van der Waals surface area contributed by atoms with Crippen LogP contribution < -0.4 is 0 Å². The molecule has 2 fully saturated rings. The van der Waals surface area contributed by atoms with Crippen LogP contribution in [0.3, 0.4) is 0 Å². The summed E-state index contributed by atoms with van der Waals surface area (Å²) in [4.78, 5) is 0. The van der Waals surface area contributed by atoms with Crippen molar-refractivity contribution >= 4 is 9.84 Å². The molecule has 4 aliphatic rings. The van der Waals surface area contributed by atoms with E-state index in [1.165, 1.54) is 50.5 Å². The molecule has 0 aromatic rings. The zero-order valence-electron chi connectivity index (χ0n) is 20.2. The Morgan fingerprint density at radius 2 is 1.90 bits per heavy atom. The zero-order valence-corrected chi connectivity index (χ0v) is 21.0. The Kier molecular flexibility index (Phi) is 6.81. The highest BCUT2D eigenvalue weighted by atomic mass is 32.2. The monoisotopic (exact) mass is 448 g/mol. The van der Waals surface area contributed by atoms with Crippen LogP contribution in [0, 0.1) is 29.1 Å². The molecule has 31 heavy (non-hydrogen) atoms. The van der Waals surface area contributed by atoms with Crippen molar-refractivity contribution in [3.63, 3.8) is 0 Å². The summed E-state index contributed by atoms with van der Waals surface area (Å²) >= 11 is 0. The van der Waals surface area contributed by atoms with Gasteiger partial charge in [-0.25, -0.2) is 8.42 Å². The highest BCUT2D eigenvalue weighted by Gasteiger charge is 2.51. The summed E-state index contributed by atoms with van der Waals surface area (Å²) in [6.45, 7) is 9.62. The van der Waals surface area contributed by atoms with Crippen LogP contribution in [-0.4, -0.2) is 30.6 Å². The molecule has 3 nitrogen and oxygen atoms in total.